The normalized spacial score (nSPS) is 14.7. The number of amides is 1. The Labute approximate surface area is 204 Å². The highest BCUT2D eigenvalue weighted by Gasteiger charge is 2.27. The van der Waals surface area contributed by atoms with Gasteiger partial charge in [0.15, 0.2) is 5.78 Å². The first-order valence-electron chi connectivity index (χ1n) is 11.4. The third-order valence-electron chi connectivity index (χ3n) is 5.75. The van der Waals surface area contributed by atoms with Crippen LogP contribution < -0.4 is 20.5 Å². The predicted molar refractivity (Wildman–Crippen MR) is 134 cm³/mol. The van der Waals surface area contributed by atoms with E-state index in [0.29, 0.717) is 48.0 Å². The molecule has 9 nitrogen and oxygen atoms in total. The number of nitrogen functional groups attached to an aromatic ring is 1. The molecule has 0 aliphatic carbocycles. The molecule has 0 spiro atoms. The van der Waals surface area contributed by atoms with Crippen LogP contribution in [0.25, 0.3) is 11.3 Å². The zero-order chi connectivity index (χ0) is 24.9. The molecular weight excluding hydrogens is 446 g/mol. The van der Waals surface area contributed by atoms with Gasteiger partial charge in [-0.1, -0.05) is 6.07 Å². The monoisotopic (exact) mass is 475 g/mol. The van der Waals surface area contributed by atoms with E-state index in [9.17, 15) is 9.59 Å². The number of likely N-dealkylation sites (N-methyl/N-ethyl adjacent to an activating group) is 1. The number of ether oxygens (including phenoxy) is 2. The van der Waals surface area contributed by atoms with Crippen molar-refractivity contribution in [1.82, 2.24) is 14.9 Å². The van der Waals surface area contributed by atoms with Crippen LogP contribution in [0.3, 0.4) is 0 Å². The van der Waals surface area contributed by atoms with Crippen LogP contribution in [0.15, 0.2) is 48.7 Å². The number of hydrogen-bond donors (Lipinski definition) is 2. The lowest BCUT2D eigenvalue weighted by molar-refractivity contribution is -0.121. The van der Waals surface area contributed by atoms with Crippen LogP contribution in [0, 0.1) is 5.92 Å². The fourth-order valence-corrected chi connectivity index (χ4v) is 3.79. The summed E-state index contributed by atoms with van der Waals surface area (Å²) in [5.41, 5.74) is 9.20. The van der Waals surface area contributed by atoms with Crippen molar-refractivity contribution in [3.05, 3.63) is 59.8 Å². The van der Waals surface area contributed by atoms with E-state index in [-0.39, 0.29) is 24.2 Å². The first-order chi connectivity index (χ1) is 16.8. The van der Waals surface area contributed by atoms with Gasteiger partial charge in [0.25, 0.3) is 0 Å². The van der Waals surface area contributed by atoms with E-state index < -0.39 is 5.92 Å². The van der Waals surface area contributed by atoms with Crippen LogP contribution in [0.2, 0.25) is 0 Å². The van der Waals surface area contributed by atoms with E-state index in [1.165, 1.54) is 6.92 Å². The maximum Gasteiger partial charge on any atom is 0.231 e. The van der Waals surface area contributed by atoms with Gasteiger partial charge in [-0.3, -0.25) is 9.59 Å². The second-order valence-electron chi connectivity index (χ2n) is 8.74. The molecule has 182 valence electrons. The van der Waals surface area contributed by atoms with Crippen LogP contribution in [0.1, 0.15) is 22.8 Å². The van der Waals surface area contributed by atoms with Gasteiger partial charge in [-0.15, -0.1) is 0 Å². The summed E-state index contributed by atoms with van der Waals surface area (Å²) >= 11 is 0. The van der Waals surface area contributed by atoms with Gasteiger partial charge in [-0.2, -0.15) is 0 Å². The summed E-state index contributed by atoms with van der Waals surface area (Å²) in [5.74, 6) is 0.817. The minimum atomic E-state index is -0.402. The largest absolute Gasteiger partial charge is 0.492 e. The molecule has 1 aliphatic rings. The Morgan fingerprint density at radius 1 is 1.20 bits per heavy atom. The molecule has 1 amide bonds. The number of carbonyl (C=O) groups is 2. The smallest absolute Gasteiger partial charge is 0.231 e. The second kappa shape index (κ2) is 10.5. The van der Waals surface area contributed by atoms with Crippen molar-refractivity contribution >= 4 is 23.3 Å². The summed E-state index contributed by atoms with van der Waals surface area (Å²) in [7, 11) is 3.93. The number of nitrogens with zero attached hydrogens (tertiary/aromatic N) is 3. The number of rotatable bonds is 8. The number of anilines is 2. The van der Waals surface area contributed by atoms with Gasteiger partial charge in [0.2, 0.25) is 11.9 Å². The Bertz CT molecular complexity index is 1240. The van der Waals surface area contributed by atoms with Crippen molar-refractivity contribution < 1.29 is 19.1 Å². The maximum absolute atomic E-state index is 13.2. The maximum atomic E-state index is 13.2. The summed E-state index contributed by atoms with van der Waals surface area (Å²) in [4.78, 5) is 35.1. The number of aromatic nitrogens is 2. The number of benzene rings is 2. The van der Waals surface area contributed by atoms with E-state index in [1.54, 1.807) is 36.5 Å². The topological polar surface area (TPSA) is 120 Å². The van der Waals surface area contributed by atoms with Gasteiger partial charge in [0, 0.05) is 23.9 Å². The molecule has 0 bridgehead atoms. The summed E-state index contributed by atoms with van der Waals surface area (Å²) in [6, 6.07) is 12.6. The van der Waals surface area contributed by atoms with Gasteiger partial charge in [-0.25, -0.2) is 9.97 Å². The highest BCUT2D eigenvalue weighted by atomic mass is 16.5. The number of fused-ring (bicyclic) bond motifs is 1. The quantitative estimate of drug-likeness (QED) is 0.477. The van der Waals surface area contributed by atoms with E-state index >= 15 is 0 Å². The first kappa shape index (κ1) is 24.2. The van der Waals surface area contributed by atoms with E-state index in [2.05, 4.69) is 15.3 Å². The van der Waals surface area contributed by atoms with Crippen molar-refractivity contribution in [2.45, 2.75) is 13.3 Å². The predicted octanol–water partition coefficient (Wildman–Crippen LogP) is 3.06. The average Bonchev–Trinajstić information content (AvgIpc) is 2.84. The molecule has 0 fully saturated rings. The molecule has 1 aromatic heterocycles. The highest BCUT2D eigenvalue weighted by molar-refractivity contribution is 5.96. The van der Waals surface area contributed by atoms with Gasteiger partial charge in [0.1, 0.15) is 24.7 Å². The number of ketones is 1. The van der Waals surface area contributed by atoms with Crippen molar-refractivity contribution in [2.75, 3.05) is 44.9 Å². The number of hydrogen-bond acceptors (Lipinski definition) is 8. The lowest BCUT2D eigenvalue weighted by Crippen LogP contribution is -2.33. The van der Waals surface area contributed by atoms with Gasteiger partial charge in [-0.05, 0) is 69.4 Å². The summed E-state index contributed by atoms with van der Waals surface area (Å²) in [5, 5.41) is 2.99. The molecule has 35 heavy (non-hydrogen) atoms. The number of nitrogens with two attached hydrogens (primary N) is 1. The number of carbonyl (C=O) groups excluding carboxylic acids is 2. The zero-order valence-electron chi connectivity index (χ0n) is 20.1. The fourth-order valence-electron chi connectivity index (χ4n) is 3.79. The molecule has 1 atom stereocenters. The van der Waals surface area contributed by atoms with Crippen molar-refractivity contribution in [1.29, 1.82) is 0 Å². The Balaban J connectivity index is 1.54. The number of Topliss-reactive ketones (excluding diaryl/α,β-unsaturated/α-hetero) is 1. The second-order valence-corrected chi connectivity index (χ2v) is 8.74. The van der Waals surface area contributed by atoms with Gasteiger partial charge >= 0.3 is 0 Å². The summed E-state index contributed by atoms with van der Waals surface area (Å²) in [6.07, 6.45) is 2.08. The lowest BCUT2D eigenvalue weighted by Gasteiger charge is -2.25. The molecule has 9 heteroatoms. The molecule has 0 saturated heterocycles. The third kappa shape index (κ3) is 5.93. The van der Waals surface area contributed by atoms with Gasteiger partial charge < -0.3 is 25.4 Å². The van der Waals surface area contributed by atoms with Crippen LogP contribution in [-0.2, 0) is 11.2 Å². The molecule has 2 aromatic carbocycles. The van der Waals surface area contributed by atoms with E-state index in [0.717, 1.165) is 11.1 Å². The van der Waals surface area contributed by atoms with E-state index in [4.69, 9.17) is 15.2 Å². The SMILES string of the molecule is CC(=O)c1ccc2c(c1)CC(C(=O)Nc1ccc(-c3ccnc(N)n3)cc1OCCN(C)C)CO2. The standard InChI is InChI=1S/C26H29N5O4/c1-16(32)17-5-7-23-19(12-17)13-20(15-35-23)25(33)29-22-6-4-18(21-8-9-28-26(27)30-21)14-24(22)34-11-10-31(2)3/h4-9,12,14,20H,10-11,13,15H2,1-3H3,(H,29,33)(H2,27,28,30). The van der Waals surface area contributed by atoms with Crippen molar-refractivity contribution in [3.63, 3.8) is 0 Å². The molecule has 2 heterocycles. The third-order valence-corrected chi connectivity index (χ3v) is 5.75. The van der Waals surface area contributed by atoms with Crippen molar-refractivity contribution in [3.8, 4) is 22.8 Å². The van der Waals surface area contributed by atoms with Crippen LogP contribution in [0.5, 0.6) is 11.5 Å². The minimum absolute atomic E-state index is 0.0237. The molecule has 3 N–H and O–H groups in total. The van der Waals surface area contributed by atoms with E-state index in [1.807, 2.05) is 31.1 Å². The van der Waals surface area contributed by atoms with Crippen LogP contribution in [-0.4, -0.2) is 60.4 Å². The zero-order valence-corrected chi connectivity index (χ0v) is 20.1. The summed E-state index contributed by atoms with van der Waals surface area (Å²) in [6.45, 7) is 2.93. The Morgan fingerprint density at radius 3 is 2.77 bits per heavy atom. The Hall–Kier alpha value is -3.98. The average molecular weight is 476 g/mol. The Kier molecular flexibility index (Phi) is 7.26. The van der Waals surface area contributed by atoms with Crippen LogP contribution >= 0.6 is 0 Å². The Morgan fingerprint density at radius 2 is 2.03 bits per heavy atom. The molecule has 0 radical (unpaired) electrons. The molecule has 3 aromatic rings. The van der Waals surface area contributed by atoms with Crippen molar-refractivity contribution in [2.24, 2.45) is 5.92 Å². The lowest BCUT2D eigenvalue weighted by atomic mass is 9.94. The molecular formula is C26H29N5O4. The fraction of sp³-hybridized carbons (Fsp3) is 0.308. The highest BCUT2D eigenvalue weighted by Crippen LogP contribution is 2.33. The number of nitrogens with one attached hydrogen (secondary N) is 1. The molecule has 0 saturated carbocycles. The first-order valence-corrected chi connectivity index (χ1v) is 11.4. The van der Waals surface area contributed by atoms with Crippen LogP contribution in [0.4, 0.5) is 11.6 Å². The summed E-state index contributed by atoms with van der Waals surface area (Å²) < 4.78 is 11.8. The van der Waals surface area contributed by atoms with Gasteiger partial charge in [0.05, 0.1) is 17.3 Å². The molecule has 1 aliphatic heterocycles. The molecule has 4 rings (SSSR count). The molecule has 1 unspecified atom stereocenters. The minimum Gasteiger partial charge on any atom is -0.492 e.